The minimum Gasteiger partial charge on any atom is -0.493 e. The highest BCUT2D eigenvalue weighted by Crippen LogP contribution is 2.32. The summed E-state index contributed by atoms with van der Waals surface area (Å²) in [6.07, 6.45) is 5.07. The van der Waals surface area contributed by atoms with Crippen molar-refractivity contribution < 1.29 is 14.3 Å². The van der Waals surface area contributed by atoms with Crippen molar-refractivity contribution in [3.63, 3.8) is 0 Å². The van der Waals surface area contributed by atoms with Crippen molar-refractivity contribution >= 4 is 5.91 Å². The summed E-state index contributed by atoms with van der Waals surface area (Å²) in [5.41, 5.74) is 0.305. The molecule has 1 amide bonds. The van der Waals surface area contributed by atoms with E-state index in [1.54, 1.807) is 18.0 Å². The molecule has 0 aliphatic carbocycles. The lowest BCUT2D eigenvalue weighted by molar-refractivity contribution is -0.132. The molecule has 1 atom stereocenters. The Morgan fingerprint density at radius 2 is 2.00 bits per heavy atom. The fraction of sp³-hybridized carbons (Fsp3) is 0.524. The molecular formula is C21H30N4O3. The van der Waals surface area contributed by atoms with Crippen molar-refractivity contribution in [3.05, 3.63) is 42.2 Å². The molecule has 1 aromatic heterocycles. The van der Waals surface area contributed by atoms with Crippen LogP contribution in [-0.2, 0) is 10.3 Å². The van der Waals surface area contributed by atoms with Gasteiger partial charge >= 0.3 is 0 Å². The van der Waals surface area contributed by atoms with E-state index in [4.69, 9.17) is 9.47 Å². The summed E-state index contributed by atoms with van der Waals surface area (Å²) in [5, 5.41) is 10.9. The van der Waals surface area contributed by atoms with Crippen LogP contribution in [0, 0.1) is 0 Å². The van der Waals surface area contributed by atoms with Crippen molar-refractivity contribution in [2.45, 2.75) is 51.3 Å². The highest BCUT2D eigenvalue weighted by molar-refractivity contribution is 5.85. The lowest BCUT2D eigenvalue weighted by Crippen LogP contribution is -2.55. The van der Waals surface area contributed by atoms with Gasteiger partial charge in [-0.25, -0.2) is 0 Å². The first-order chi connectivity index (χ1) is 13.5. The van der Waals surface area contributed by atoms with E-state index in [2.05, 4.69) is 15.7 Å². The third-order valence-corrected chi connectivity index (χ3v) is 5.19. The summed E-state index contributed by atoms with van der Waals surface area (Å²) in [6.45, 7) is 7.51. The van der Waals surface area contributed by atoms with Crippen LogP contribution in [0.2, 0.25) is 0 Å². The fourth-order valence-corrected chi connectivity index (χ4v) is 3.64. The summed E-state index contributed by atoms with van der Waals surface area (Å²) in [6, 6.07) is 7.47. The minimum absolute atomic E-state index is 0.00771. The van der Waals surface area contributed by atoms with Crippen LogP contribution in [0.5, 0.6) is 11.5 Å². The van der Waals surface area contributed by atoms with Crippen LogP contribution in [0.15, 0.2) is 36.7 Å². The molecule has 1 aliphatic rings. The SMILES string of the molecule is COc1cc(C(C)NC(=O)C2(n3cccn3)CCNCC2)ccc1OC(C)C. The third kappa shape index (κ3) is 4.14. The van der Waals surface area contributed by atoms with E-state index in [9.17, 15) is 4.79 Å². The number of hydrogen-bond acceptors (Lipinski definition) is 5. The first kappa shape index (κ1) is 20.2. The number of aromatic nitrogens is 2. The first-order valence-electron chi connectivity index (χ1n) is 9.82. The molecule has 3 rings (SSSR count). The predicted molar refractivity (Wildman–Crippen MR) is 108 cm³/mol. The summed E-state index contributed by atoms with van der Waals surface area (Å²) >= 11 is 0. The number of rotatable bonds is 7. The van der Waals surface area contributed by atoms with Gasteiger partial charge in [-0.1, -0.05) is 6.07 Å². The van der Waals surface area contributed by atoms with E-state index in [0.717, 1.165) is 18.7 Å². The molecule has 0 radical (unpaired) electrons. The van der Waals surface area contributed by atoms with Crippen molar-refractivity contribution in [2.75, 3.05) is 20.2 Å². The number of benzene rings is 1. The zero-order chi connectivity index (χ0) is 20.1. The molecule has 152 valence electrons. The van der Waals surface area contributed by atoms with E-state index >= 15 is 0 Å². The summed E-state index contributed by atoms with van der Waals surface area (Å²) in [4.78, 5) is 13.3. The number of nitrogens with one attached hydrogen (secondary N) is 2. The Labute approximate surface area is 166 Å². The van der Waals surface area contributed by atoms with Crippen LogP contribution < -0.4 is 20.1 Å². The highest BCUT2D eigenvalue weighted by Gasteiger charge is 2.42. The van der Waals surface area contributed by atoms with Crippen molar-refractivity contribution in [3.8, 4) is 11.5 Å². The Bertz CT molecular complexity index is 783. The molecule has 1 fully saturated rings. The quantitative estimate of drug-likeness (QED) is 0.765. The molecule has 0 saturated carbocycles. The van der Waals surface area contributed by atoms with Crippen LogP contribution >= 0.6 is 0 Å². The average Bonchev–Trinajstić information content (AvgIpc) is 3.23. The second-order valence-electron chi connectivity index (χ2n) is 7.50. The van der Waals surface area contributed by atoms with Gasteiger partial charge in [-0.2, -0.15) is 5.10 Å². The molecule has 7 heteroatoms. The number of ether oxygens (including phenoxy) is 2. The first-order valence-corrected chi connectivity index (χ1v) is 9.82. The fourth-order valence-electron chi connectivity index (χ4n) is 3.64. The maximum Gasteiger partial charge on any atom is 0.248 e. The van der Waals surface area contributed by atoms with Gasteiger partial charge in [0.05, 0.1) is 19.3 Å². The number of carbonyl (C=O) groups excluding carboxylic acids is 1. The smallest absolute Gasteiger partial charge is 0.248 e. The molecule has 1 unspecified atom stereocenters. The van der Waals surface area contributed by atoms with Gasteiger partial charge in [-0.15, -0.1) is 0 Å². The molecule has 7 nitrogen and oxygen atoms in total. The van der Waals surface area contributed by atoms with Gasteiger partial charge in [0.15, 0.2) is 11.5 Å². The standard InChI is InChI=1S/C21H30N4O3/c1-15(2)28-18-7-6-17(14-19(18)27-4)16(3)24-20(26)21(8-11-22-12-9-21)25-13-5-10-23-25/h5-7,10,13-16,22H,8-9,11-12H2,1-4H3,(H,24,26). The van der Waals surface area contributed by atoms with E-state index in [1.807, 2.05) is 51.2 Å². The van der Waals surface area contributed by atoms with Crippen LogP contribution in [0.3, 0.4) is 0 Å². The number of amides is 1. The summed E-state index contributed by atoms with van der Waals surface area (Å²) in [5.74, 6) is 1.36. The normalized spacial score (nSPS) is 17.2. The van der Waals surface area contributed by atoms with Gasteiger partial charge in [0.2, 0.25) is 5.91 Å². The zero-order valence-corrected chi connectivity index (χ0v) is 17.1. The van der Waals surface area contributed by atoms with E-state index in [1.165, 1.54) is 0 Å². The monoisotopic (exact) mass is 386 g/mol. The lowest BCUT2D eigenvalue weighted by Gasteiger charge is -2.37. The van der Waals surface area contributed by atoms with Crippen LogP contribution in [0.1, 0.15) is 45.2 Å². The van der Waals surface area contributed by atoms with E-state index in [-0.39, 0.29) is 18.1 Å². The molecule has 2 heterocycles. The predicted octanol–water partition coefficient (Wildman–Crippen LogP) is 2.64. The molecule has 2 aromatic rings. The molecule has 0 spiro atoms. The van der Waals surface area contributed by atoms with Gasteiger partial charge in [-0.3, -0.25) is 9.48 Å². The Hall–Kier alpha value is -2.54. The average molecular weight is 386 g/mol. The number of hydrogen-bond donors (Lipinski definition) is 2. The Balaban J connectivity index is 1.79. The molecule has 1 aliphatic heterocycles. The zero-order valence-electron chi connectivity index (χ0n) is 17.1. The Morgan fingerprint density at radius 3 is 2.61 bits per heavy atom. The number of carbonyl (C=O) groups is 1. The van der Waals surface area contributed by atoms with Gasteiger partial charge in [0, 0.05) is 12.4 Å². The lowest BCUT2D eigenvalue weighted by atomic mass is 9.87. The molecule has 2 N–H and O–H groups in total. The van der Waals surface area contributed by atoms with Crippen LogP contribution in [0.25, 0.3) is 0 Å². The summed E-state index contributed by atoms with van der Waals surface area (Å²) in [7, 11) is 1.62. The van der Waals surface area contributed by atoms with Gasteiger partial charge in [-0.05, 0) is 70.5 Å². The summed E-state index contributed by atoms with van der Waals surface area (Å²) < 4.78 is 13.1. The van der Waals surface area contributed by atoms with Crippen LogP contribution in [-0.4, -0.2) is 42.0 Å². The van der Waals surface area contributed by atoms with Gasteiger partial charge in [0.1, 0.15) is 5.54 Å². The Kier molecular flexibility index (Phi) is 6.24. The van der Waals surface area contributed by atoms with E-state index in [0.29, 0.717) is 24.3 Å². The van der Waals surface area contributed by atoms with Gasteiger partial charge < -0.3 is 20.1 Å². The van der Waals surface area contributed by atoms with E-state index < -0.39 is 5.54 Å². The topological polar surface area (TPSA) is 77.4 Å². The second kappa shape index (κ2) is 8.65. The van der Waals surface area contributed by atoms with Crippen molar-refractivity contribution in [2.24, 2.45) is 0 Å². The van der Waals surface area contributed by atoms with Gasteiger partial charge in [0.25, 0.3) is 0 Å². The van der Waals surface area contributed by atoms with Crippen LogP contribution in [0.4, 0.5) is 0 Å². The van der Waals surface area contributed by atoms with Crippen molar-refractivity contribution in [1.82, 2.24) is 20.4 Å². The minimum atomic E-state index is -0.659. The third-order valence-electron chi connectivity index (χ3n) is 5.19. The number of methoxy groups -OCH3 is 1. The second-order valence-corrected chi connectivity index (χ2v) is 7.50. The molecule has 1 saturated heterocycles. The Morgan fingerprint density at radius 1 is 1.25 bits per heavy atom. The number of piperidine rings is 1. The van der Waals surface area contributed by atoms with Crippen molar-refractivity contribution in [1.29, 1.82) is 0 Å². The number of nitrogens with zero attached hydrogens (tertiary/aromatic N) is 2. The highest BCUT2D eigenvalue weighted by atomic mass is 16.5. The largest absolute Gasteiger partial charge is 0.493 e. The molecule has 1 aromatic carbocycles. The molecule has 28 heavy (non-hydrogen) atoms. The maximum atomic E-state index is 13.3. The molecular weight excluding hydrogens is 356 g/mol. The maximum absolute atomic E-state index is 13.3. The molecule has 0 bridgehead atoms.